The number of carbonyl (C=O) groups is 1. The number of nitrogens with zero attached hydrogens (tertiary/aromatic N) is 1. The van der Waals surface area contributed by atoms with E-state index in [1.54, 1.807) is 0 Å². The van der Waals surface area contributed by atoms with Crippen LogP contribution < -0.4 is 0 Å². The van der Waals surface area contributed by atoms with Gasteiger partial charge >= 0.3 is 0 Å². The number of amides is 1. The van der Waals surface area contributed by atoms with Crippen molar-refractivity contribution in [2.24, 2.45) is 11.8 Å². The molecule has 1 amide bonds. The quantitative estimate of drug-likeness (QED) is 0.711. The first kappa shape index (κ1) is 12.2. The highest BCUT2D eigenvalue weighted by Gasteiger charge is 2.31. The Morgan fingerprint density at radius 2 is 2.25 bits per heavy atom. The molecule has 2 rings (SSSR count). The van der Waals surface area contributed by atoms with E-state index in [0.29, 0.717) is 17.9 Å². The van der Waals surface area contributed by atoms with Crippen molar-refractivity contribution >= 4 is 17.5 Å². The second kappa shape index (κ2) is 5.37. The Bertz CT molecular complexity index is 247. The number of hydrogen-bond donors (Lipinski definition) is 0. The molecule has 1 heterocycles. The van der Waals surface area contributed by atoms with Gasteiger partial charge < -0.3 is 9.64 Å². The molecule has 1 saturated heterocycles. The van der Waals surface area contributed by atoms with Gasteiger partial charge in [-0.2, -0.15) is 0 Å². The van der Waals surface area contributed by atoms with Crippen molar-refractivity contribution in [1.82, 2.24) is 4.90 Å². The smallest absolute Gasteiger partial charge is 0.227 e. The fraction of sp³-hybridized carbons (Fsp3) is 0.917. The Morgan fingerprint density at radius 3 is 2.81 bits per heavy atom. The fourth-order valence-electron chi connectivity index (χ4n) is 2.53. The SMILES string of the molecule is CN(CC1CC(Cl)C1)C(=O)C1CCCOC1. The lowest BCUT2D eigenvalue weighted by Gasteiger charge is -2.35. The average molecular weight is 246 g/mol. The molecule has 92 valence electrons. The minimum absolute atomic E-state index is 0.0885. The zero-order valence-electron chi connectivity index (χ0n) is 9.82. The van der Waals surface area contributed by atoms with Crippen LogP contribution in [0.4, 0.5) is 0 Å². The monoisotopic (exact) mass is 245 g/mol. The molecule has 16 heavy (non-hydrogen) atoms. The molecule has 2 aliphatic rings. The van der Waals surface area contributed by atoms with Crippen LogP contribution >= 0.6 is 11.6 Å². The highest BCUT2D eigenvalue weighted by Crippen LogP contribution is 2.32. The molecule has 3 nitrogen and oxygen atoms in total. The van der Waals surface area contributed by atoms with Gasteiger partial charge in [-0.1, -0.05) is 0 Å². The molecule has 0 aromatic carbocycles. The third-order valence-electron chi connectivity index (χ3n) is 3.60. The maximum atomic E-state index is 12.1. The van der Waals surface area contributed by atoms with Crippen molar-refractivity contribution in [3.05, 3.63) is 0 Å². The van der Waals surface area contributed by atoms with E-state index in [0.717, 1.165) is 38.8 Å². The van der Waals surface area contributed by atoms with Crippen LogP contribution in [0.5, 0.6) is 0 Å². The Morgan fingerprint density at radius 1 is 1.50 bits per heavy atom. The number of carbonyl (C=O) groups excluding carboxylic acids is 1. The van der Waals surface area contributed by atoms with Crippen LogP contribution in [-0.2, 0) is 9.53 Å². The Labute approximate surface area is 102 Å². The second-order valence-corrected chi connectivity index (χ2v) is 5.68. The Kier molecular flexibility index (Phi) is 4.09. The molecule has 0 spiro atoms. The van der Waals surface area contributed by atoms with Crippen LogP contribution in [0, 0.1) is 11.8 Å². The summed E-state index contributed by atoms with van der Waals surface area (Å²) in [6.07, 6.45) is 4.10. The predicted molar refractivity (Wildman–Crippen MR) is 63.5 cm³/mol. The lowest BCUT2D eigenvalue weighted by atomic mass is 9.84. The lowest BCUT2D eigenvalue weighted by Crippen LogP contribution is -2.42. The van der Waals surface area contributed by atoms with Crippen LogP contribution in [0.3, 0.4) is 0 Å². The van der Waals surface area contributed by atoms with E-state index < -0.39 is 0 Å². The summed E-state index contributed by atoms with van der Waals surface area (Å²) in [5, 5.41) is 0.339. The third-order valence-corrected chi connectivity index (χ3v) is 3.95. The van der Waals surface area contributed by atoms with Gasteiger partial charge in [-0.25, -0.2) is 0 Å². The molecule has 0 bridgehead atoms. The van der Waals surface area contributed by atoms with Crippen molar-refractivity contribution < 1.29 is 9.53 Å². The summed E-state index contributed by atoms with van der Waals surface area (Å²) < 4.78 is 5.35. The van der Waals surface area contributed by atoms with E-state index in [9.17, 15) is 4.79 Å². The average Bonchev–Trinajstić information content (AvgIpc) is 2.27. The van der Waals surface area contributed by atoms with E-state index in [2.05, 4.69) is 0 Å². The molecular formula is C12H20ClNO2. The van der Waals surface area contributed by atoms with Gasteiger partial charge in [0.1, 0.15) is 0 Å². The normalized spacial score (nSPS) is 34.2. The molecule has 0 aromatic heterocycles. The number of halogens is 1. The molecule has 0 radical (unpaired) electrons. The first-order chi connectivity index (χ1) is 7.66. The van der Waals surface area contributed by atoms with Gasteiger partial charge in [-0.3, -0.25) is 4.79 Å². The topological polar surface area (TPSA) is 29.5 Å². The van der Waals surface area contributed by atoms with Gasteiger partial charge in [0, 0.05) is 25.6 Å². The van der Waals surface area contributed by atoms with E-state index in [-0.39, 0.29) is 11.8 Å². The summed E-state index contributed by atoms with van der Waals surface area (Å²) in [6.45, 7) is 2.27. The second-order valence-electron chi connectivity index (χ2n) is 5.07. The maximum Gasteiger partial charge on any atom is 0.227 e. The van der Waals surface area contributed by atoms with Crippen LogP contribution in [0.1, 0.15) is 25.7 Å². The molecule has 4 heteroatoms. The standard InChI is InChI=1S/C12H20ClNO2/c1-14(7-9-5-11(13)6-9)12(15)10-3-2-4-16-8-10/h9-11H,2-8H2,1H3. The van der Waals surface area contributed by atoms with Crippen molar-refractivity contribution in [2.45, 2.75) is 31.1 Å². The van der Waals surface area contributed by atoms with Crippen molar-refractivity contribution in [1.29, 1.82) is 0 Å². The summed E-state index contributed by atoms with van der Waals surface area (Å²) in [7, 11) is 1.90. The van der Waals surface area contributed by atoms with Gasteiger partial charge in [0.25, 0.3) is 0 Å². The van der Waals surface area contributed by atoms with Crippen LogP contribution in [0.15, 0.2) is 0 Å². The zero-order chi connectivity index (χ0) is 11.5. The third kappa shape index (κ3) is 2.89. The van der Waals surface area contributed by atoms with E-state index in [4.69, 9.17) is 16.3 Å². The van der Waals surface area contributed by atoms with E-state index in [1.807, 2.05) is 11.9 Å². The van der Waals surface area contributed by atoms with Gasteiger partial charge in [0.05, 0.1) is 12.5 Å². The first-order valence-electron chi connectivity index (χ1n) is 6.13. The summed E-state index contributed by atoms with van der Waals surface area (Å²) in [5.74, 6) is 0.948. The molecule has 1 aliphatic carbocycles. The van der Waals surface area contributed by atoms with E-state index >= 15 is 0 Å². The number of ether oxygens (including phenoxy) is 1. The van der Waals surface area contributed by atoms with Gasteiger partial charge in [0.2, 0.25) is 5.91 Å². The summed E-state index contributed by atoms with van der Waals surface area (Å²) in [4.78, 5) is 13.9. The molecule has 0 aromatic rings. The summed E-state index contributed by atoms with van der Waals surface area (Å²) in [5.41, 5.74) is 0. The molecule has 1 atom stereocenters. The molecule has 1 aliphatic heterocycles. The lowest BCUT2D eigenvalue weighted by molar-refractivity contribution is -0.139. The molecule has 1 unspecified atom stereocenters. The fourth-order valence-corrected chi connectivity index (χ4v) is 3.03. The van der Waals surface area contributed by atoms with Crippen molar-refractivity contribution in [3.8, 4) is 0 Å². The number of hydrogen-bond acceptors (Lipinski definition) is 2. The number of alkyl halides is 1. The maximum absolute atomic E-state index is 12.1. The van der Waals surface area contributed by atoms with Crippen LogP contribution in [-0.4, -0.2) is 43.0 Å². The highest BCUT2D eigenvalue weighted by molar-refractivity contribution is 6.21. The minimum atomic E-state index is 0.0885. The summed E-state index contributed by atoms with van der Waals surface area (Å²) >= 11 is 5.93. The van der Waals surface area contributed by atoms with Gasteiger partial charge in [-0.05, 0) is 31.6 Å². The van der Waals surface area contributed by atoms with Crippen molar-refractivity contribution in [2.75, 3.05) is 26.8 Å². The predicted octanol–water partition coefficient (Wildman–Crippen LogP) is 1.89. The van der Waals surface area contributed by atoms with E-state index in [1.165, 1.54) is 0 Å². The van der Waals surface area contributed by atoms with Crippen LogP contribution in [0.25, 0.3) is 0 Å². The highest BCUT2D eigenvalue weighted by atomic mass is 35.5. The first-order valence-corrected chi connectivity index (χ1v) is 6.57. The van der Waals surface area contributed by atoms with Gasteiger partial charge in [0.15, 0.2) is 0 Å². The van der Waals surface area contributed by atoms with Crippen molar-refractivity contribution in [3.63, 3.8) is 0 Å². The zero-order valence-corrected chi connectivity index (χ0v) is 10.6. The van der Waals surface area contributed by atoms with Gasteiger partial charge in [-0.15, -0.1) is 11.6 Å². The molecule has 0 N–H and O–H groups in total. The largest absolute Gasteiger partial charge is 0.381 e. The Hall–Kier alpha value is -0.280. The molecular weight excluding hydrogens is 226 g/mol. The summed E-state index contributed by atoms with van der Waals surface area (Å²) in [6, 6.07) is 0. The molecule has 2 fully saturated rings. The Balaban J connectivity index is 1.74. The molecule has 1 saturated carbocycles. The van der Waals surface area contributed by atoms with Crippen LogP contribution in [0.2, 0.25) is 0 Å². The minimum Gasteiger partial charge on any atom is -0.381 e. The number of rotatable bonds is 3.